The average molecular weight is 389 g/mol. The third-order valence-electron chi connectivity index (χ3n) is 6.46. The molecule has 0 heterocycles. The van der Waals surface area contributed by atoms with Crippen molar-refractivity contribution in [2.75, 3.05) is 0 Å². The number of allylic oxidation sites excluding steroid dienone is 2. The molecule has 1 aromatic carbocycles. The molecule has 2 aliphatic rings. The van der Waals surface area contributed by atoms with Crippen molar-refractivity contribution in [2.24, 2.45) is 10.8 Å². The summed E-state index contributed by atoms with van der Waals surface area (Å²) in [6.07, 6.45) is 7.49. The van der Waals surface area contributed by atoms with Gasteiger partial charge in [0.15, 0.2) is 0 Å². The zero-order valence-corrected chi connectivity index (χ0v) is 17.2. The van der Waals surface area contributed by atoms with E-state index in [1.807, 2.05) is 0 Å². The summed E-state index contributed by atoms with van der Waals surface area (Å²) >= 11 is 3.77. The van der Waals surface area contributed by atoms with Crippen molar-refractivity contribution in [3.05, 3.63) is 44.9 Å². The Hall–Kier alpha value is -0.890. The van der Waals surface area contributed by atoms with Gasteiger partial charge in [-0.1, -0.05) is 60.8 Å². The standard InChI is InChI=1S/C22H29BrO/c1-14-12-16(17(23)13-15(14)2)20-18(24)8-6-9-19-21(3,4)10-7-11-22(19,20)5/h9,12-13,20H,6-8,10-11H2,1-5H3/t20-,22+/m1/s1. The SMILES string of the molecule is Cc1cc(Br)c([C@@H]2C(=O)CCC=C3C(C)(C)CCC[C@@]32C)cc1C. The molecule has 130 valence electrons. The van der Waals surface area contributed by atoms with Crippen molar-refractivity contribution in [3.63, 3.8) is 0 Å². The van der Waals surface area contributed by atoms with Gasteiger partial charge in [-0.2, -0.15) is 0 Å². The minimum absolute atomic E-state index is 0.0282. The molecular formula is C22H29BrO. The number of rotatable bonds is 1. The Labute approximate surface area is 155 Å². The van der Waals surface area contributed by atoms with E-state index in [2.05, 4.69) is 68.8 Å². The number of halogens is 1. The molecular weight excluding hydrogens is 360 g/mol. The van der Waals surface area contributed by atoms with Gasteiger partial charge in [0.25, 0.3) is 0 Å². The first kappa shape index (κ1) is 17.9. The van der Waals surface area contributed by atoms with Crippen LogP contribution in [-0.2, 0) is 4.79 Å². The minimum Gasteiger partial charge on any atom is -0.299 e. The Balaban J connectivity index is 2.20. The van der Waals surface area contributed by atoms with Gasteiger partial charge >= 0.3 is 0 Å². The van der Waals surface area contributed by atoms with E-state index in [0.29, 0.717) is 12.2 Å². The highest BCUT2D eigenvalue weighted by Crippen LogP contribution is 2.59. The van der Waals surface area contributed by atoms with Crippen LogP contribution in [0.5, 0.6) is 0 Å². The fourth-order valence-electron chi connectivity index (χ4n) is 5.15. The summed E-state index contributed by atoms with van der Waals surface area (Å²) in [5.41, 5.74) is 5.39. The topological polar surface area (TPSA) is 17.1 Å². The van der Waals surface area contributed by atoms with E-state index in [9.17, 15) is 4.79 Å². The first-order chi connectivity index (χ1) is 11.2. The summed E-state index contributed by atoms with van der Waals surface area (Å²) < 4.78 is 1.09. The Morgan fingerprint density at radius 2 is 1.75 bits per heavy atom. The zero-order valence-electron chi connectivity index (χ0n) is 15.6. The first-order valence-electron chi connectivity index (χ1n) is 9.17. The number of carbonyl (C=O) groups excluding carboxylic acids is 1. The summed E-state index contributed by atoms with van der Waals surface area (Å²) in [5.74, 6) is 0.380. The van der Waals surface area contributed by atoms with Gasteiger partial charge in [0.1, 0.15) is 5.78 Å². The van der Waals surface area contributed by atoms with Crippen LogP contribution in [0.15, 0.2) is 28.3 Å². The molecule has 0 unspecified atom stereocenters. The van der Waals surface area contributed by atoms with Crippen LogP contribution in [0.3, 0.4) is 0 Å². The van der Waals surface area contributed by atoms with Crippen molar-refractivity contribution >= 4 is 21.7 Å². The predicted molar refractivity (Wildman–Crippen MR) is 104 cm³/mol. The molecule has 0 spiro atoms. The Kier molecular flexibility index (Phi) is 4.57. The fourth-order valence-corrected chi connectivity index (χ4v) is 5.84. The molecule has 1 saturated carbocycles. The van der Waals surface area contributed by atoms with Crippen LogP contribution >= 0.6 is 15.9 Å². The van der Waals surface area contributed by atoms with Crippen LogP contribution < -0.4 is 0 Å². The first-order valence-corrected chi connectivity index (χ1v) is 9.96. The van der Waals surface area contributed by atoms with Crippen LogP contribution in [0.1, 0.15) is 75.5 Å². The third-order valence-corrected chi connectivity index (χ3v) is 7.15. The molecule has 24 heavy (non-hydrogen) atoms. The zero-order chi connectivity index (χ0) is 17.7. The third kappa shape index (κ3) is 2.81. The smallest absolute Gasteiger partial charge is 0.141 e. The maximum absolute atomic E-state index is 13.2. The van der Waals surface area contributed by atoms with E-state index in [4.69, 9.17) is 0 Å². The molecule has 1 nitrogen and oxygen atoms in total. The van der Waals surface area contributed by atoms with Gasteiger partial charge in [-0.05, 0) is 61.3 Å². The normalized spacial score (nSPS) is 29.7. The van der Waals surface area contributed by atoms with Gasteiger partial charge in [0.2, 0.25) is 0 Å². The van der Waals surface area contributed by atoms with Crippen LogP contribution in [-0.4, -0.2) is 5.78 Å². The quantitative estimate of drug-likeness (QED) is 0.491. The fraction of sp³-hybridized carbons (Fsp3) is 0.591. The lowest BCUT2D eigenvalue weighted by Crippen LogP contribution is -2.40. The predicted octanol–water partition coefficient (Wildman–Crippen LogP) is 6.66. The number of hydrogen-bond acceptors (Lipinski definition) is 1. The van der Waals surface area contributed by atoms with Gasteiger partial charge in [0, 0.05) is 16.3 Å². The lowest BCUT2D eigenvalue weighted by Gasteiger charge is -2.49. The highest BCUT2D eigenvalue weighted by Gasteiger charge is 2.50. The average Bonchev–Trinajstić information content (AvgIpc) is 2.60. The second kappa shape index (κ2) is 6.12. The summed E-state index contributed by atoms with van der Waals surface area (Å²) in [5, 5.41) is 0. The number of hydrogen-bond donors (Lipinski definition) is 0. The second-order valence-corrected chi connectivity index (χ2v) is 9.52. The molecule has 0 aromatic heterocycles. The van der Waals surface area contributed by atoms with E-state index < -0.39 is 0 Å². The van der Waals surface area contributed by atoms with Crippen molar-refractivity contribution in [2.45, 2.75) is 72.6 Å². The van der Waals surface area contributed by atoms with E-state index in [1.165, 1.54) is 35.1 Å². The molecule has 2 atom stereocenters. The van der Waals surface area contributed by atoms with Crippen molar-refractivity contribution in [1.29, 1.82) is 0 Å². The molecule has 1 aromatic rings. The second-order valence-electron chi connectivity index (χ2n) is 8.67. The maximum atomic E-state index is 13.2. The number of Topliss-reactive ketones (excluding diaryl/α,β-unsaturated/α-hetero) is 1. The van der Waals surface area contributed by atoms with E-state index in [-0.39, 0.29) is 16.7 Å². The van der Waals surface area contributed by atoms with Gasteiger partial charge < -0.3 is 0 Å². The Morgan fingerprint density at radius 3 is 2.46 bits per heavy atom. The van der Waals surface area contributed by atoms with Gasteiger partial charge in [0.05, 0.1) is 5.92 Å². The van der Waals surface area contributed by atoms with Crippen molar-refractivity contribution < 1.29 is 4.79 Å². The van der Waals surface area contributed by atoms with E-state index >= 15 is 0 Å². The van der Waals surface area contributed by atoms with E-state index in [1.54, 1.807) is 0 Å². The van der Waals surface area contributed by atoms with Gasteiger partial charge in [-0.25, -0.2) is 0 Å². The number of aryl methyl sites for hydroxylation is 2. The number of ketones is 1. The van der Waals surface area contributed by atoms with E-state index in [0.717, 1.165) is 17.3 Å². The summed E-state index contributed by atoms with van der Waals surface area (Å²) in [6, 6.07) is 4.43. The van der Waals surface area contributed by atoms with Gasteiger partial charge in [-0.3, -0.25) is 4.79 Å². The molecule has 2 heteroatoms. The lowest BCUT2D eigenvalue weighted by atomic mass is 9.54. The number of fused-ring (bicyclic) bond motifs is 1. The molecule has 1 fully saturated rings. The largest absolute Gasteiger partial charge is 0.299 e. The van der Waals surface area contributed by atoms with Crippen molar-refractivity contribution in [1.82, 2.24) is 0 Å². The van der Waals surface area contributed by atoms with Crippen LogP contribution in [0.2, 0.25) is 0 Å². The van der Waals surface area contributed by atoms with Crippen molar-refractivity contribution in [3.8, 4) is 0 Å². The van der Waals surface area contributed by atoms with Crippen LogP contribution in [0.25, 0.3) is 0 Å². The molecule has 0 aliphatic heterocycles. The monoisotopic (exact) mass is 388 g/mol. The lowest BCUT2D eigenvalue weighted by molar-refractivity contribution is -0.122. The molecule has 0 bridgehead atoms. The van der Waals surface area contributed by atoms with Crippen LogP contribution in [0.4, 0.5) is 0 Å². The minimum atomic E-state index is -0.0560. The molecule has 2 aliphatic carbocycles. The number of carbonyl (C=O) groups is 1. The summed E-state index contributed by atoms with van der Waals surface area (Å²) in [4.78, 5) is 13.2. The number of benzene rings is 1. The molecule has 0 saturated heterocycles. The summed E-state index contributed by atoms with van der Waals surface area (Å²) in [7, 11) is 0. The Morgan fingerprint density at radius 1 is 1.08 bits per heavy atom. The highest BCUT2D eigenvalue weighted by atomic mass is 79.9. The molecule has 0 radical (unpaired) electrons. The molecule has 0 N–H and O–H groups in total. The molecule has 0 amide bonds. The molecule has 3 rings (SSSR count). The van der Waals surface area contributed by atoms with Crippen LogP contribution in [0, 0.1) is 24.7 Å². The van der Waals surface area contributed by atoms with Gasteiger partial charge in [-0.15, -0.1) is 0 Å². The summed E-state index contributed by atoms with van der Waals surface area (Å²) in [6.45, 7) is 11.3. The Bertz CT molecular complexity index is 713. The maximum Gasteiger partial charge on any atom is 0.141 e. The highest BCUT2D eigenvalue weighted by molar-refractivity contribution is 9.10.